The highest BCUT2D eigenvalue weighted by Gasteiger charge is 2.32. The van der Waals surface area contributed by atoms with Gasteiger partial charge in [0.25, 0.3) is 0 Å². The van der Waals surface area contributed by atoms with Crippen LogP contribution in [0.3, 0.4) is 0 Å². The Balaban J connectivity index is 1.74. The SMILES string of the molecule is CC(C)(C)OC(=O)N1CCN(c2cnc3ncccn23)C(=O)C1. The van der Waals surface area contributed by atoms with Gasteiger partial charge in [0.05, 0.1) is 6.20 Å². The van der Waals surface area contributed by atoms with E-state index in [4.69, 9.17) is 4.74 Å². The monoisotopic (exact) mass is 317 g/mol. The summed E-state index contributed by atoms with van der Waals surface area (Å²) in [5.74, 6) is 1.01. The first-order valence-electron chi connectivity index (χ1n) is 7.41. The fourth-order valence-electron chi connectivity index (χ4n) is 2.41. The number of ether oxygens (including phenoxy) is 1. The first kappa shape index (κ1) is 15.3. The molecule has 0 saturated carbocycles. The van der Waals surface area contributed by atoms with Gasteiger partial charge in [0.15, 0.2) is 0 Å². The molecule has 122 valence electrons. The molecule has 1 aliphatic heterocycles. The van der Waals surface area contributed by atoms with E-state index in [-0.39, 0.29) is 12.5 Å². The van der Waals surface area contributed by atoms with Gasteiger partial charge in [-0.05, 0) is 26.8 Å². The fourth-order valence-corrected chi connectivity index (χ4v) is 2.41. The van der Waals surface area contributed by atoms with Crippen molar-refractivity contribution in [1.29, 1.82) is 0 Å². The second kappa shape index (κ2) is 5.53. The minimum atomic E-state index is -0.579. The van der Waals surface area contributed by atoms with Gasteiger partial charge in [-0.1, -0.05) is 0 Å². The van der Waals surface area contributed by atoms with E-state index >= 15 is 0 Å². The molecule has 8 heteroatoms. The van der Waals surface area contributed by atoms with Crippen LogP contribution < -0.4 is 4.90 Å². The molecule has 2 amide bonds. The third-order valence-electron chi connectivity index (χ3n) is 3.42. The van der Waals surface area contributed by atoms with E-state index < -0.39 is 11.7 Å². The van der Waals surface area contributed by atoms with Crippen LogP contribution in [0.15, 0.2) is 24.7 Å². The van der Waals surface area contributed by atoms with Crippen molar-refractivity contribution in [3.05, 3.63) is 24.7 Å². The number of anilines is 1. The van der Waals surface area contributed by atoms with E-state index in [0.29, 0.717) is 24.7 Å². The van der Waals surface area contributed by atoms with Crippen molar-refractivity contribution in [2.45, 2.75) is 26.4 Å². The van der Waals surface area contributed by atoms with Crippen LogP contribution >= 0.6 is 0 Å². The van der Waals surface area contributed by atoms with E-state index in [1.807, 2.05) is 0 Å². The molecule has 0 unspecified atom stereocenters. The van der Waals surface area contributed by atoms with Crippen molar-refractivity contribution in [2.75, 3.05) is 24.5 Å². The van der Waals surface area contributed by atoms with Crippen LogP contribution in [-0.4, -0.2) is 56.5 Å². The highest BCUT2D eigenvalue weighted by atomic mass is 16.6. The Morgan fingerprint density at radius 2 is 2.04 bits per heavy atom. The smallest absolute Gasteiger partial charge is 0.410 e. The molecule has 1 fully saturated rings. The zero-order valence-corrected chi connectivity index (χ0v) is 13.4. The van der Waals surface area contributed by atoms with Gasteiger partial charge in [-0.2, -0.15) is 0 Å². The molecule has 0 bridgehead atoms. The summed E-state index contributed by atoms with van der Waals surface area (Å²) < 4.78 is 7.06. The summed E-state index contributed by atoms with van der Waals surface area (Å²) in [5.41, 5.74) is -0.579. The quantitative estimate of drug-likeness (QED) is 0.792. The van der Waals surface area contributed by atoms with E-state index in [0.717, 1.165) is 0 Å². The Bertz CT molecular complexity index is 749. The molecule has 0 aliphatic carbocycles. The van der Waals surface area contributed by atoms with Gasteiger partial charge in [0, 0.05) is 25.5 Å². The number of rotatable bonds is 1. The molecular weight excluding hydrogens is 298 g/mol. The first-order chi connectivity index (χ1) is 10.8. The summed E-state index contributed by atoms with van der Waals surface area (Å²) >= 11 is 0. The van der Waals surface area contributed by atoms with Crippen molar-refractivity contribution in [3.8, 4) is 0 Å². The normalized spacial score (nSPS) is 16.0. The van der Waals surface area contributed by atoms with Crippen LogP contribution in [0.4, 0.5) is 10.6 Å². The Kier molecular flexibility index (Phi) is 3.67. The fraction of sp³-hybridized carbons (Fsp3) is 0.467. The standard InChI is InChI=1S/C15H19N5O3/c1-15(2,3)23-14(22)18-7-8-19(12(21)10-18)11-9-17-13-16-5-4-6-20(11)13/h4-6,9H,7-8,10H2,1-3H3. The molecule has 0 aromatic carbocycles. The van der Waals surface area contributed by atoms with Gasteiger partial charge in [0.2, 0.25) is 11.7 Å². The van der Waals surface area contributed by atoms with Gasteiger partial charge in [-0.3, -0.25) is 19.0 Å². The number of imidazole rings is 1. The van der Waals surface area contributed by atoms with Gasteiger partial charge < -0.3 is 4.74 Å². The molecule has 3 rings (SSSR count). The molecule has 3 heterocycles. The summed E-state index contributed by atoms with van der Waals surface area (Å²) in [5, 5.41) is 0. The number of amides is 2. The maximum atomic E-state index is 12.4. The Hall–Kier alpha value is -2.64. The molecule has 0 N–H and O–H groups in total. The predicted octanol–water partition coefficient (Wildman–Crippen LogP) is 1.31. The Labute approximate surface area is 133 Å². The lowest BCUT2D eigenvalue weighted by atomic mass is 10.2. The summed E-state index contributed by atoms with van der Waals surface area (Å²) in [7, 11) is 0. The largest absolute Gasteiger partial charge is 0.444 e. The third kappa shape index (κ3) is 3.10. The van der Waals surface area contributed by atoms with E-state index in [1.165, 1.54) is 4.90 Å². The van der Waals surface area contributed by atoms with Crippen LogP contribution in [-0.2, 0) is 9.53 Å². The highest BCUT2D eigenvalue weighted by Crippen LogP contribution is 2.19. The number of piperazine rings is 1. The molecule has 1 aliphatic rings. The molecule has 2 aromatic heterocycles. The van der Waals surface area contributed by atoms with E-state index in [1.54, 1.807) is 54.7 Å². The average Bonchev–Trinajstić information content (AvgIpc) is 2.89. The van der Waals surface area contributed by atoms with Crippen molar-refractivity contribution in [2.24, 2.45) is 0 Å². The number of carbonyl (C=O) groups is 2. The lowest BCUT2D eigenvalue weighted by Gasteiger charge is -2.34. The highest BCUT2D eigenvalue weighted by molar-refractivity contribution is 5.96. The summed E-state index contributed by atoms with van der Waals surface area (Å²) in [6, 6.07) is 1.78. The molecule has 2 aromatic rings. The van der Waals surface area contributed by atoms with Crippen molar-refractivity contribution in [1.82, 2.24) is 19.3 Å². The minimum Gasteiger partial charge on any atom is -0.444 e. The second-order valence-electron chi connectivity index (χ2n) is 6.35. The topological polar surface area (TPSA) is 80.0 Å². The van der Waals surface area contributed by atoms with E-state index in [9.17, 15) is 9.59 Å². The number of hydrogen-bond donors (Lipinski definition) is 0. The molecule has 8 nitrogen and oxygen atoms in total. The molecule has 23 heavy (non-hydrogen) atoms. The Morgan fingerprint density at radius 1 is 1.26 bits per heavy atom. The molecular formula is C15H19N5O3. The van der Waals surface area contributed by atoms with Crippen LogP contribution in [0.2, 0.25) is 0 Å². The summed E-state index contributed by atoms with van der Waals surface area (Å²) in [6.45, 7) is 6.19. The number of fused-ring (bicyclic) bond motifs is 1. The number of hydrogen-bond acceptors (Lipinski definition) is 5. The van der Waals surface area contributed by atoms with Crippen LogP contribution in [0, 0.1) is 0 Å². The number of nitrogens with zero attached hydrogens (tertiary/aromatic N) is 5. The lowest BCUT2D eigenvalue weighted by molar-refractivity contribution is -0.121. The third-order valence-corrected chi connectivity index (χ3v) is 3.42. The van der Waals surface area contributed by atoms with Crippen molar-refractivity contribution >= 4 is 23.6 Å². The van der Waals surface area contributed by atoms with Gasteiger partial charge in [-0.25, -0.2) is 14.8 Å². The van der Waals surface area contributed by atoms with Crippen molar-refractivity contribution in [3.63, 3.8) is 0 Å². The lowest BCUT2D eigenvalue weighted by Crippen LogP contribution is -2.53. The minimum absolute atomic E-state index is 0.0115. The molecule has 1 saturated heterocycles. The average molecular weight is 317 g/mol. The van der Waals surface area contributed by atoms with Gasteiger partial charge in [0.1, 0.15) is 18.0 Å². The summed E-state index contributed by atoms with van der Waals surface area (Å²) in [6.07, 6.45) is 4.60. The maximum Gasteiger partial charge on any atom is 0.410 e. The number of aromatic nitrogens is 3. The molecule has 0 atom stereocenters. The second-order valence-corrected chi connectivity index (χ2v) is 6.35. The molecule has 0 spiro atoms. The van der Waals surface area contributed by atoms with Crippen LogP contribution in [0.1, 0.15) is 20.8 Å². The van der Waals surface area contributed by atoms with Crippen molar-refractivity contribution < 1.29 is 14.3 Å². The van der Waals surface area contributed by atoms with E-state index in [2.05, 4.69) is 9.97 Å². The van der Waals surface area contributed by atoms with Crippen LogP contribution in [0.5, 0.6) is 0 Å². The zero-order valence-electron chi connectivity index (χ0n) is 13.4. The zero-order chi connectivity index (χ0) is 16.6. The van der Waals surface area contributed by atoms with Crippen LogP contribution in [0.25, 0.3) is 5.78 Å². The Morgan fingerprint density at radius 3 is 2.74 bits per heavy atom. The van der Waals surface area contributed by atoms with Gasteiger partial charge in [-0.15, -0.1) is 0 Å². The molecule has 0 radical (unpaired) electrons. The predicted molar refractivity (Wildman–Crippen MR) is 83.1 cm³/mol. The maximum absolute atomic E-state index is 12.4. The summed E-state index contributed by atoms with van der Waals surface area (Å²) in [4.78, 5) is 35.9. The first-order valence-corrected chi connectivity index (χ1v) is 7.41. The number of carbonyl (C=O) groups excluding carboxylic acids is 2. The van der Waals surface area contributed by atoms with Gasteiger partial charge >= 0.3 is 6.09 Å².